The van der Waals surface area contributed by atoms with Crippen molar-refractivity contribution in [3.8, 4) is 5.75 Å². The first-order valence-electron chi connectivity index (χ1n) is 10.1. The van der Waals surface area contributed by atoms with E-state index < -0.39 is 9.84 Å². The molecule has 1 fully saturated rings. The smallest absolute Gasteiger partial charge is 0.227 e. The van der Waals surface area contributed by atoms with Crippen LogP contribution >= 0.6 is 11.6 Å². The van der Waals surface area contributed by atoms with Gasteiger partial charge in [-0.2, -0.15) is 0 Å². The molecule has 0 radical (unpaired) electrons. The molecule has 1 aromatic heterocycles. The number of sulfone groups is 1. The Morgan fingerprint density at radius 3 is 2.71 bits per heavy atom. The minimum absolute atomic E-state index is 0.0226. The van der Waals surface area contributed by atoms with Gasteiger partial charge >= 0.3 is 0 Å². The van der Waals surface area contributed by atoms with Gasteiger partial charge in [-0.15, -0.1) is 0 Å². The summed E-state index contributed by atoms with van der Waals surface area (Å²) in [5.41, 5.74) is 1.97. The third-order valence-corrected chi connectivity index (χ3v) is 6.35. The van der Waals surface area contributed by atoms with E-state index in [4.69, 9.17) is 16.3 Å². The number of benzene rings is 2. The van der Waals surface area contributed by atoms with Crippen LogP contribution in [-0.4, -0.2) is 42.0 Å². The first-order valence-corrected chi connectivity index (χ1v) is 12.5. The van der Waals surface area contributed by atoms with Crippen LogP contribution in [0.5, 0.6) is 5.75 Å². The van der Waals surface area contributed by atoms with Crippen LogP contribution in [0.15, 0.2) is 42.6 Å². The SMILES string of the molecule is CS(=O)(=O)Cc1cccc(Nc2ncc3ccc(Cl)c(O[C@H]4CC[C@@H](O)CC4)c3n2)c1. The van der Waals surface area contributed by atoms with Crippen LogP contribution in [0.3, 0.4) is 0 Å². The molecule has 7 nitrogen and oxygen atoms in total. The summed E-state index contributed by atoms with van der Waals surface area (Å²) in [6, 6.07) is 10.7. The lowest BCUT2D eigenvalue weighted by Gasteiger charge is -2.26. The first kappa shape index (κ1) is 21.8. The van der Waals surface area contributed by atoms with Crippen molar-refractivity contribution in [2.75, 3.05) is 11.6 Å². The number of rotatable bonds is 6. The van der Waals surface area contributed by atoms with E-state index in [2.05, 4.69) is 15.3 Å². The van der Waals surface area contributed by atoms with Gasteiger partial charge in [-0.25, -0.2) is 18.4 Å². The van der Waals surface area contributed by atoms with Gasteiger partial charge in [-0.1, -0.05) is 23.7 Å². The Morgan fingerprint density at radius 1 is 1.19 bits per heavy atom. The number of fused-ring (bicyclic) bond motifs is 1. The molecule has 0 unspecified atom stereocenters. The highest BCUT2D eigenvalue weighted by molar-refractivity contribution is 7.89. The molecule has 1 saturated carbocycles. The van der Waals surface area contributed by atoms with Crippen LogP contribution in [0.1, 0.15) is 31.2 Å². The lowest BCUT2D eigenvalue weighted by Crippen LogP contribution is -2.26. The minimum Gasteiger partial charge on any atom is -0.487 e. The number of aliphatic hydroxyl groups is 1. The zero-order chi connectivity index (χ0) is 22.0. The van der Waals surface area contributed by atoms with E-state index in [1.807, 2.05) is 12.1 Å². The van der Waals surface area contributed by atoms with Crippen LogP contribution in [0.25, 0.3) is 10.9 Å². The van der Waals surface area contributed by atoms with Gasteiger partial charge in [-0.3, -0.25) is 0 Å². The van der Waals surface area contributed by atoms with Crippen molar-refractivity contribution in [2.45, 2.75) is 43.6 Å². The number of ether oxygens (including phenoxy) is 1. The van der Waals surface area contributed by atoms with Gasteiger partial charge in [0.05, 0.1) is 23.0 Å². The van der Waals surface area contributed by atoms with Crippen molar-refractivity contribution in [1.82, 2.24) is 9.97 Å². The lowest BCUT2D eigenvalue weighted by molar-refractivity contribution is 0.0673. The molecule has 2 aromatic carbocycles. The summed E-state index contributed by atoms with van der Waals surface area (Å²) in [7, 11) is -3.13. The Bertz CT molecular complexity index is 1190. The Morgan fingerprint density at radius 2 is 1.97 bits per heavy atom. The lowest BCUT2D eigenvalue weighted by atomic mass is 9.95. The predicted octanol–water partition coefficient (Wildman–Crippen LogP) is 4.25. The molecule has 0 atom stereocenters. The maximum Gasteiger partial charge on any atom is 0.227 e. The van der Waals surface area contributed by atoms with Crippen LogP contribution in [-0.2, 0) is 15.6 Å². The minimum atomic E-state index is -3.13. The van der Waals surface area contributed by atoms with E-state index in [9.17, 15) is 13.5 Å². The number of hydrogen-bond donors (Lipinski definition) is 2. The van der Waals surface area contributed by atoms with Gasteiger partial charge in [0.15, 0.2) is 15.6 Å². The summed E-state index contributed by atoms with van der Waals surface area (Å²) in [5.74, 6) is 0.831. The van der Waals surface area contributed by atoms with E-state index in [0.717, 1.165) is 18.2 Å². The molecular weight excluding hydrogens is 438 g/mol. The van der Waals surface area contributed by atoms with Crippen LogP contribution in [0.4, 0.5) is 11.6 Å². The number of aromatic nitrogens is 2. The number of anilines is 2. The Balaban J connectivity index is 1.61. The molecule has 1 heterocycles. The van der Waals surface area contributed by atoms with Crippen molar-refractivity contribution < 1.29 is 18.3 Å². The fourth-order valence-corrected chi connectivity index (χ4v) is 4.70. The summed E-state index contributed by atoms with van der Waals surface area (Å²) < 4.78 is 29.4. The fraction of sp³-hybridized carbons (Fsp3) is 0.364. The number of halogens is 1. The molecule has 1 aliphatic carbocycles. The number of nitrogens with zero attached hydrogens (tertiary/aromatic N) is 2. The second-order valence-corrected chi connectivity index (χ2v) is 10.5. The molecule has 2 N–H and O–H groups in total. The van der Waals surface area contributed by atoms with E-state index in [0.29, 0.717) is 46.3 Å². The molecule has 1 aliphatic rings. The number of hydrogen-bond acceptors (Lipinski definition) is 7. The van der Waals surface area contributed by atoms with Crippen LogP contribution in [0.2, 0.25) is 5.02 Å². The normalized spacial score (nSPS) is 19.3. The Kier molecular flexibility index (Phi) is 6.31. The van der Waals surface area contributed by atoms with Gasteiger partial charge in [0, 0.05) is 23.5 Å². The van der Waals surface area contributed by atoms with Crippen LogP contribution in [0, 0.1) is 0 Å². The van der Waals surface area contributed by atoms with Gasteiger partial charge in [0.1, 0.15) is 5.52 Å². The second-order valence-electron chi connectivity index (χ2n) is 7.95. The zero-order valence-electron chi connectivity index (χ0n) is 17.1. The molecule has 0 saturated heterocycles. The summed E-state index contributed by atoms with van der Waals surface area (Å²) in [5, 5.41) is 14.1. The van der Waals surface area contributed by atoms with Gasteiger partial charge in [-0.05, 0) is 55.5 Å². The van der Waals surface area contributed by atoms with Crippen molar-refractivity contribution >= 4 is 44.0 Å². The third kappa shape index (κ3) is 5.64. The highest BCUT2D eigenvalue weighted by Crippen LogP contribution is 2.35. The van der Waals surface area contributed by atoms with Crippen molar-refractivity contribution in [3.05, 3.63) is 53.2 Å². The number of aliphatic hydroxyl groups excluding tert-OH is 1. The summed E-state index contributed by atoms with van der Waals surface area (Å²) >= 11 is 6.43. The monoisotopic (exact) mass is 461 g/mol. The topological polar surface area (TPSA) is 101 Å². The summed E-state index contributed by atoms with van der Waals surface area (Å²) in [4.78, 5) is 8.98. The van der Waals surface area contributed by atoms with E-state index in [1.165, 1.54) is 6.26 Å². The molecular formula is C22H24ClN3O4S. The molecule has 3 aromatic rings. The number of nitrogens with one attached hydrogen (secondary N) is 1. The standard InChI is InChI=1S/C22H24ClN3O4S/c1-31(28,29)13-14-3-2-4-16(11-14)25-22-24-12-15-5-10-19(23)21(20(15)26-22)30-18-8-6-17(27)7-9-18/h2-5,10-12,17-18,27H,6-9,13H2,1H3,(H,24,25,26)/t17-,18+. The highest BCUT2D eigenvalue weighted by Gasteiger charge is 2.23. The van der Waals surface area contributed by atoms with Crippen LogP contribution < -0.4 is 10.1 Å². The van der Waals surface area contributed by atoms with E-state index >= 15 is 0 Å². The quantitative estimate of drug-likeness (QED) is 0.565. The fourth-order valence-electron chi connectivity index (χ4n) is 3.72. The van der Waals surface area contributed by atoms with Crippen molar-refractivity contribution in [3.63, 3.8) is 0 Å². The summed E-state index contributed by atoms with van der Waals surface area (Å²) in [6.07, 6.45) is 5.55. The third-order valence-electron chi connectivity index (χ3n) is 5.20. The molecule has 0 bridgehead atoms. The van der Waals surface area contributed by atoms with E-state index in [1.54, 1.807) is 30.5 Å². The average molecular weight is 462 g/mol. The van der Waals surface area contributed by atoms with Crippen molar-refractivity contribution in [2.24, 2.45) is 0 Å². The Hall–Kier alpha value is -2.42. The molecule has 0 spiro atoms. The second kappa shape index (κ2) is 8.98. The maximum absolute atomic E-state index is 11.6. The Labute approximate surface area is 186 Å². The molecule has 9 heteroatoms. The molecule has 164 valence electrons. The van der Waals surface area contributed by atoms with E-state index in [-0.39, 0.29) is 18.0 Å². The van der Waals surface area contributed by atoms with Crippen molar-refractivity contribution in [1.29, 1.82) is 0 Å². The zero-order valence-corrected chi connectivity index (χ0v) is 18.7. The average Bonchev–Trinajstić information content (AvgIpc) is 2.71. The van der Waals surface area contributed by atoms with Gasteiger partial charge in [0.2, 0.25) is 5.95 Å². The first-order chi connectivity index (χ1) is 14.8. The highest BCUT2D eigenvalue weighted by atomic mass is 35.5. The van der Waals surface area contributed by atoms with Gasteiger partial charge < -0.3 is 15.2 Å². The molecule has 0 amide bonds. The summed E-state index contributed by atoms with van der Waals surface area (Å²) in [6.45, 7) is 0. The largest absolute Gasteiger partial charge is 0.487 e. The predicted molar refractivity (Wildman–Crippen MR) is 122 cm³/mol. The molecule has 31 heavy (non-hydrogen) atoms. The maximum atomic E-state index is 11.6. The molecule has 0 aliphatic heterocycles. The van der Waals surface area contributed by atoms with Gasteiger partial charge in [0.25, 0.3) is 0 Å². The molecule has 4 rings (SSSR count).